The summed E-state index contributed by atoms with van der Waals surface area (Å²) in [5.41, 5.74) is 0. The fraction of sp³-hybridized carbons (Fsp3) is 0.600. The fourth-order valence-electron chi connectivity index (χ4n) is 0.606. The number of isocyanates is 1. The highest BCUT2D eigenvalue weighted by Gasteiger charge is 2.20. The van der Waals surface area contributed by atoms with E-state index in [2.05, 4.69) is 4.99 Å². The normalized spacial score (nSPS) is 10.2. The molecule has 0 atom stereocenters. The molecule has 0 aliphatic carbocycles. The first-order valence-corrected chi connectivity index (χ1v) is 4.87. The van der Waals surface area contributed by atoms with Crippen molar-refractivity contribution in [3.05, 3.63) is 0 Å². The summed E-state index contributed by atoms with van der Waals surface area (Å²) in [5.74, 6) is 0. The van der Waals surface area contributed by atoms with Crippen LogP contribution in [0.3, 0.4) is 0 Å². The van der Waals surface area contributed by atoms with Crippen molar-refractivity contribution >= 4 is 22.1 Å². The van der Waals surface area contributed by atoms with Crippen molar-refractivity contribution < 1.29 is 18.0 Å². The maximum atomic E-state index is 10.8. The molecule has 0 aromatic heterocycles. The van der Waals surface area contributed by atoms with E-state index in [4.69, 9.17) is 0 Å². The van der Waals surface area contributed by atoms with E-state index in [0.29, 0.717) is 4.31 Å². The van der Waals surface area contributed by atoms with Gasteiger partial charge in [-0.3, -0.25) is 0 Å². The van der Waals surface area contributed by atoms with Crippen LogP contribution in [0, 0.1) is 0 Å². The van der Waals surface area contributed by atoms with Gasteiger partial charge < -0.3 is 0 Å². The molecule has 0 bridgehead atoms. The Hall–Kier alpha value is -1.20. The van der Waals surface area contributed by atoms with E-state index in [9.17, 15) is 18.0 Å². The standard InChI is InChI=1S/C5H8N2O4S/c1-3-7(12(2,10)11)5(9)6-4-8/h3H2,1-2H3. The Bertz CT molecular complexity index is 314. The van der Waals surface area contributed by atoms with Gasteiger partial charge in [-0.15, -0.1) is 4.99 Å². The van der Waals surface area contributed by atoms with Gasteiger partial charge in [-0.2, -0.15) is 0 Å². The summed E-state index contributed by atoms with van der Waals surface area (Å²) in [7, 11) is -3.63. The lowest BCUT2D eigenvalue weighted by Gasteiger charge is -2.13. The summed E-state index contributed by atoms with van der Waals surface area (Å²) in [4.78, 5) is 23.0. The van der Waals surface area contributed by atoms with Gasteiger partial charge in [-0.25, -0.2) is 22.3 Å². The highest BCUT2D eigenvalue weighted by atomic mass is 32.2. The number of carbonyl (C=O) groups excluding carboxylic acids is 2. The number of carbonyl (C=O) groups is 1. The van der Waals surface area contributed by atoms with Crippen LogP contribution < -0.4 is 0 Å². The van der Waals surface area contributed by atoms with E-state index in [1.165, 1.54) is 6.92 Å². The van der Waals surface area contributed by atoms with Crippen molar-refractivity contribution in [1.82, 2.24) is 4.31 Å². The van der Waals surface area contributed by atoms with Gasteiger partial charge in [-0.1, -0.05) is 0 Å². The molecule has 68 valence electrons. The summed E-state index contributed by atoms with van der Waals surface area (Å²) in [5, 5.41) is 0. The minimum absolute atomic E-state index is 0.0527. The van der Waals surface area contributed by atoms with Crippen molar-refractivity contribution in [3.63, 3.8) is 0 Å². The van der Waals surface area contributed by atoms with Crippen molar-refractivity contribution in [2.75, 3.05) is 12.8 Å². The highest BCUT2D eigenvalue weighted by Crippen LogP contribution is 1.99. The molecule has 0 unspecified atom stereocenters. The third-order valence-corrected chi connectivity index (χ3v) is 2.26. The molecule has 0 aromatic rings. The van der Waals surface area contributed by atoms with E-state index < -0.39 is 16.1 Å². The Morgan fingerprint density at radius 3 is 2.33 bits per heavy atom. The molecule has 0 aromatic carbocycles. The van der Waals surface area contributed by atoms with Crippen molar-refractivity contribution in [1.29, 1.82) is 0 Å². The third-order valence-electron chi connectivity index (χ3n) is 1.04. The van der Waals surface area contributed by atoms with E-state index in [1.54, 1.807) is 0 Å². The molecule has 0 aliphatic rings. The molecule has 0 saturated carbocycles. The number of rotatable bonds is 2. The summed E-state index contributed by atoms with van der Waals surface area (Å²) >= 11 is 0. The number of hydrogen-bond acceptors (Lipinski definition) is 4. The quantitative estimate of drug-likeness (QED) is 0.445. The Labute approximate surface area is 69.9 Å². The predicted octanol–water partition coefficient (Wildman–Crippen LogP) is -0.276. The first-order chi connectivity index (χ1) is 5.43. The van der Waals surface area contributed by atoms with Gasteiger partial charge in [0.15, 0.2) is 0 Å². The van der Waals surface area contributed by atoms with Gasteiger partial charge in [0.2, 0.25) is 16.1 Å². The number of sulfonamides is 1. The van der Waals surface area contributed by atoms with Gasteiger partial charge >= 0.3 is 6.03 Å². The lowest BCUT2D eigenvalue weighted by Crippen LogP contribution is -2.33. The molecule has 0 saturated heterocycles. The average molecular weight is 192 g/mol. The molecule has 6 nitrogen and oxygen atoms in total. The average Bonchev–Trinajstić information content (AvgIpc) is 1.85. The van der Waals surface area contributed by atoms with E-state index in [1.807, 2.05) is 0 Å². The van der Waals surface area contributed by atoms with Crippen LogP contribution in [0.25, 0.3) is 0 Å². The van der Waals surface area contributed by atoms with Crippen molar-refractivity contribution in [3.8, 4) is 0 Å². The first-order valence-electron chi connectivity index (χ1n) is 3.03. The van der Waals surface area contributed by atoms with Crippen molar-refractivity contribution in [2.24, 2.45) is 4.99 Å². The number of nitrogens with zero attached hydrogens (tertiary/aromatic N) is 2. The van der Waals surface area contributed by atoms with Gasteiger partial charge in [0.25, 0.3) is 0 Å². The van der Waals surface area contributed by atoms with Crippen LogP contribution in [0.5, 0.6) is 0 Å². The monoisotopic (exact) mass is 192 g/mol. The van der Waals surface area contributed by atoms with Crippen LogP contribution in [0.15, 0.2) is 4.99 Å². The Morgan fingerprint density at radius 2 is 2.08 bits per heavy atom. The first kappa shape index (κ1) is 10.8. The smallest absolute Gasteiger partial charge is 0.244 e. The molecule has 0 spiro atoms. The fourth-order valence-corrected chi connectivity index (χ4v) is 1.40. The molecule has 0 fully saturated rings. The van der Waals surface area contributed by atoms with Crippen LogP contribution in [0.4, 0.5) is 4.79 Å². The molecular weight excluding hydrogens is 184 g/mol. The Kier molecular flexibility index (Phi) is 3.59. The molecule has 12 heavy (non-hydrogen) atoms. The SMILES string of the molecule is CCN(C(=O)N=C=O)S(C)(=O)=O. The lowest BCUT2D eigenvalue weighted by atomic mass is 10.7. The maximum Gasteiger partial charge on any atom is 0.368 e. The molecule has 2 amide bonds. The maximum absolute atomic E-state index is 10.8. The Balaban J connectivity index is 4.82. The second-order valence-electron chi connectivity index (χ2n) is 1.91. The largest absolute Gasteiger partial charge is 0.368 e. The number of amides is 2. The van der Waals surface area contributed by atoms with Crippen molar-refractivity contribution in [2.45, 2.75) is 6.92 Å². The highest BCUT2D eigenvalue weighted by molar-refractivity contribution is 7.88. The summed E-state index contributed by atoms with van der Waals surface area (Å²) in [6.45, 7) is 1.40. The van der Waals surface area contributed by atoms with Gasteiger partial charge in [0, 0.05) is 6.54 Å². The minimum Gasteiger partial charge on any atom is -0.244 e. The van der Waals surface area contributed by atoms with Gasteiger partial charge in [0.1, 0.15) is 0 Å². The minimum atomic E-state index is -3.63. The molecule has 7 heteroatoms. The molecule has 0 N–H and O–H groups in total. The summed E-state index contributed by atoms with van der Waals surface area (Å²) in [6.07, 6.45) is 1.83. The van der Waals surface area contributed by atoms with Crippen LogP contribution in [0.1, 0.15) is 6.92 Å². The molecule has 0 rings (SSSR count). The molecular formula is C5H8N2O4S. The van der Waals surface area contributed by atoms with E-state index in [0.717, 1.165) is 12.3 Å². The van der Waals surface area contributed by atoms with Crippen LogP contribution in [-0.2, 0) is 14.8 Å². The summed E-state index contributed by atoms with van der Waals surface area (Å²) < 4.78 is 22.1. The lowest BCUT2D eigenvalue weighted by molar-refractivity contribution is 0.234. The number of hydrogen-bond donors (Lipinski definition) is 0. The zero-order chi connectivity index (χ0) is 9.78. The topological polar surface area (TPSA) is 83.9 Å². The number of aliphatic imine (C=N–C) groups is 1. The van der Waals surface area contributed by atoms with Crippen LogP contribution in [0.2, 0.25) is 0 Å². The molecule has 0 heterocycles. The zero-order valence-electron chi connectivity index (χ0n) is 6.64. The Morgan fingerprint density at radius 1 is 1.58 bits per heavy atom. The zero-order valence-corrected chi connectivity index (χ0v) is 7.46. The van der Waals surface area contributed by atoms with Crippen LogP contribution >= 0.6 is 0 Å². The molecule has 0 radical (unpaired) electrons. The summed E-state index contributed by atoms with van der Waals surface area (Å²) in [6, 6.07) is -1.12. The van der Waals surface area contributed by atoms with E-state index in [-0.39, 0.29) is 6.54 Å². The second kappa shape index (κ2) is 3.99. The third kappa shape index (κ3) is 2.81. The van der Waals surface area contributed by atoms with E-state index >= 15 is 0 Å². The second-order valence-corrected chi connectivity index (χ2v) is 3.82. The molecule has 0 aliphatic heterocycles. The van der Waals surface area contributed by atoms with Gasteiger partial charge in [0.05, 0.1) is 6.26 Å². The van der Waals surface area contributed by atoms with Gasteiger partial charge in [-0.05, 0) is 6.92 Å². The predicted molar refractivity (Wildman–Crippen MR) is 40.7 cm³/mol. The van der Waals surface area contributed by atoms with Crippen LogP contribution in [-0.4, -0.2) is 37.6 Å². The number of urea groups is 1.